The number of nitrogens with zero attached hydrogens (tertiary/aromatic N) is 1. The van der Waals surface area contributed by atoms with Crippen LogP contribution in [-0.4, -0.2) is 37.0 Å². The molecule has 1 aromatic rings. The molecule has 20 heavy (non-hydrogen) atoms. The minimum absolute atomic E-state index is 0.164. The predicted octanol–water partition coefficient (Wildman–Crippen LogP) is 2.15. The van der Waals surface area contributed by atoms with Gasteiger partial charge in [-0.25, -0.2) is 0 Å². The van der Waals surface area contributed by atoms with Crippen LogP contribution in [0.4, 0.5) is 5.69 Å². The average molecular weight is 319 g/mol. The van der Waals surface area contributed by atoms with Gasteiger partial charge in [0.2, 0.25) is 0 Å². The standard InChI is InChI=1S/C13H19ClN2O3S/c1-10-5-4-7-12(14)13(10)15-20(18,19)16-8-3-2-6-11(16)9-17/h4-5,7,11,15,17H,2-3,6,8-9H2,1H3. The summed E-state index contributed by atoms with van der Waals surface area (Å²) in [7, 11) is -3.70. The molecule has 2 rings (SSSR count). The molecule has 112 valence electrons. The lowest BCUT2D eigenvalue weighted by molar-refractivity contribution is 0.156. The first kappa shape index (κ1) is 15.6. The van der Waals surface area contributed by atoms with Crippen molar-refractivity contribution in [1.29, 1.82) is 0 Å². The van der Waals surface area contributed by atoms with E-state index in [2.05, 4.69) is 4.72 Å². The number of aryl methyl sites for hydroxylation is 1. The lowest BCUT2D eigenvalue weighted by Crippen LogP contribution is -2.48. The topological polar surface area (TPSA) is 69.6 Å². The molecular formula is C13H19ClN2O3S. The van der Waals surface area contributed by atoms with Gasteiger partial charge in [0, 0.05) is 12.6 Å². The molecule has 1 atom stereocenters. The maximum Gasteiger partial charge on any atom is 0.302 e. The first-order chi connectivity index (χ1) is 9.45. The third-order valence-electron chi connectivity index (χ3n) is 3.55. The highest BCUT2D eigenvalue weighted by molar-refractivity contribution is 7.90. The van der Waals surface area contributed by atoms with Crippen molar-refractivity contribution < 1.29 is 13.5 Å². The zero-order valence-corrected chi connectivity index (χ0v) is 12.9. The first-order valence-corrected chi connectivity index (χ1v) is 8.43. The number of hydrogen-bond donors (Lipinski definition) is 2. The Kier molecular flexibility index (Phi) is 4.90. The molecule has 0 saturated carbocycles. The third-order valence-corrected chi connectivity index (χ3v) is 5.42. The molecular weight excluding hydrogens is 300 g/mol. The Bertz CT molecular complexity index is 557. The second-order valence-corrected chi connectivity index (χ2v) is 7.01. The normalized spacial score (nSPS) is 20.9. The van der Waals surface area contributed by atoms with Gasteiger partial charge in [-0.05, 0) is 31.4 Å². The quantitative estimate of drug-likeness (QED) is 0.893. The minimum atomic E-state index is -3.70. The fourth-order valence-electron chi connectivity index (χ4n) is 2.42. The molecule has 2 N–H and O–H groups in total. The van der Waals surface area contributed by atoms with E-state index in [1.165, 1.54) is 4.31 Å². The van der Waals surface area contributed by atoms with Crippen LogP contribution in [0.5, 0.6) is 0 Å². The van der Waals surface area contributed by atoms with Gasteiger partial charge in [-0.2, -0.15) is 12.7 Å². The van der Waals surface area contributed by atoms with Gasteiger partial charge in [0.1, 0.15) is 0 Å². The predicted molar refractivity (Wildman–Crippen MR) is 80.2 cm³/mol. The smallest absolute Gasteiger partial charge is 0.302 e. The van der Waals surface area contributed by atoms with Crippen LogP contribution >= 0.6 is 11.6 Å². The summed E-state index contributed by atoms with van der Waals surface area (Å²) in [6, 6.07) is 4.85. The molecule has 5 nitrogen and oxygen atoms in total. The van der Waals surface area contributed by atoms with Crippen molar-refractivity contribution in [2.75, 3.05) is 17.9 Å². The molecule has 1 aliphatic rings. The minimum Gasteiger partial charge on any atom is -0.395 e. The number of aliphatic hydroxyl groups is 1. The van der Waals surface area contributed by atoms with E-state index in [0.717, 1.165) is 18.4 Å². The zero-order chi connectivity index (χ0) is 14.8. The van der Waals surface area contributed by atoms with Crippen LogP contribution in [0, 0.1) is 6.92 Å². The van der Waals surface area contributed by atoms with Crippen LogP contribution in [0.2, 0.25) is 5.02 Å². The van der Waals surface area contributed by atoms with Crippen LogP contribution in [0.15, 0.2) is 18.2 Å². The molecule has 1 saturated heterocycles. The van der Waals surface area contributed by atoms with Gasteiger partial charge < -0.3 is 5.11 Å². The Balaban J connectivity index is 2.26. The maximum absolute atomic E-state index is 12.5. The highest BCUT2D eigenvalue weighted by Crippen LogP contribution is 2.28. The Labute approximate surface area is 124 Å². The Hall–Kier alpha value is -0.820. The number of benzene rings is 1. The van der Waals surface area contributed by atoms with E-state index in [0.29, 0.717) is 23.7 Å². The van der Waals surface area contributed by atoms with Crippen LogP contribution in [0.1, 0.15) is 24.8 Å². The average Bonchev–Trinajstić information content (AvgIpc) is 2.43. The van der Waals surface area contributed by atoms with Crippen LogP contribution in [-0.2, 0) is 10.2 Å². The fourth-order valence-corrected chi connectivity index (χ4v) is 4.33. The monoisotopic (exact) mass is 318 g/mol. The van der Waals surface area contributed by atoms with E-state index < -0.39 is 10.2 Å². The number of piperidine rings is 1. The molecule has 7 heteroatoms. The molecule has 0 radical (unpaired) electrons. The Morgan fingerprint density at radius 3 is 2.85 bits per heavy atom. The zero-order valence-electron chi connectivity index (χ0n) is 11.3. The van der Waals surface area contributed by atoms with Crippen molar-refractivity contribution >= 4 is 27.5 Å². The molecule has 1 heterocycles. The summed E-state index contributed by atoms with van der Waals surface area (Å²) in [5.41, 5.74) is 1.16. The number of hydrogen-bond acceptors (Lipinski definition) is 3. The van der Waals surface area contributed by atoms with E-state index in [4.69, 9.17) is 11.6 Å². The van der Waals surface area contributed by atoms with E-state index in [-0.39, 0.29) is 12.6 Å². The molecule has 0 spiro atoms. The van der Waals surface area contributed by atoms with Gasteiger partial charge in [-0.15, -0.1) is 0 Å². The second-order valence-electron chi connectivity index (χ2n) is 4.98. The molecule has 1 unspecified atom stereocenters. The number of aliphatic hydroxyl groups excluding tert-OH is 1. The molecule has 0 amide bonds. The molecule has 1 aliphatic heterocycles. The first-order valence-electron chi connectivity index (χ1n) is 6.61. The van der Waals surface area contributed by atoms with Gasteiger partial charge in [0.25, 0.3) is 0 Å². The number of nitrogens with one attached hydrogen (secondary N) is 1. The lowest BCUT2D eigenvalue weighted by atomic mass is 10.1. The summed E-state index contributed by atoms with van der Waals surface area (Å²) in [6.07, 6.45) is 2.42. The number of anilines is 1. The molecule has 1 fully saturated rings. The van der Waals surface area contributed by atoms with Crippen LogP contribution < -0.4 is 4.72 Å². The van der Waals surface area contributed by atoms with Gasteiger partial charge in [-0.1, -0.05) is 30.2 Å². The fraction of sp³-hybridized carbons (Fsp3) is 0.538. The third kappa shape index (κ3) is 3.25. The van der Waals surface area contributed by atoms with Crippen molar-refractivity contribution in [3.05, 3.63) is 28.8 Å². The summed E-state index contributed by atoms with van der Waals surface area (Å²) in [5.74, 6) is 0. The van der Waals surface area contributed by atoms with Crippen LogP contribution in [0.25, 0.3) is 0 Å². The van der Waals surface area contributed by atoms with Crippen molar-refractivity contribution in [3.63, 3.8) is 0 Å². The number of rotatable bonds is 4. The van der Waals surface area contributed by atoms with Crippen molar-refractivity contribution in [2.45, 2.75) is 32.2 Å². The van der Waals surface area contributed by atoms with E-state index in [1.807, 2.05) is 0 Å². The summed E-state index contributed by atoms with van der Waals surface area (Å²) < 4.78 is 28.8. The summed E-state index contributed by atoms with van der Waals surface area (Å²) in [6.45, 7) is 2.05. The highest BCUT2D eigenvalue weighted by Gasteiger charge is 2.32. The summed E-state index contributed by atoms with van der Waals surface area (Å²) >= 11 is 6.05. The molecule has 1 aromatic carbocycles. The van der Waals surface area contributed by atoms with E-state index in [9.17, 15) is 13.5 Å². The molecule has 0 aliphatic carbocycles. The largest absolute Gasteiger partial charge is 0.395 e. The lowest BCUT2D eigenvalue weighted by Gasteiger charge is -2.33. The second kappa shape index (κ2) is 6.30. The van der Waals surface area contributed by atoms with Crippen molar-refractivity contribution in [3.8, 4) is 0 Å². The summed E-state index contributed by atoms with van der Waals surface area (Å²) in [4.78, 5) is 0. The Morgan fingerprint density at radius 2 is 2.20 bits per heavy atom. The molecule has 0 aromatic heterocycles. The molecule has 0 bridgehead atoms. The number of para-hydroxylation sites is 1. The van der Waals surface area contributed by atoms with Gasteiger partial charge >= 0.3 is 10.2 Å². The SMILES string of the molecule is Cc1cccc(Cl)c1NS(=O)(=O)N1CCCCC1CO. The number of halogens is 1. The Morgan fingerprint density at radius 1 is 1.45 bits per heavy atom. The van der Waals surface area contributed by atoms with Gasteiger partial charge in [0.05, 0.1) is 17.3 Å². The maximum atomic E-state index is 12.5. The summed E-state index contributed by atoms with van der Waals surface area (Å²) in [5, 5.41) is 9.71. The van der Waals surface area contributed by atoms with Crippen molar-refractivity contribution in [1.82, 2.24) is 4.31 Å². The highest BCUT2D eigenvalue weighted by atomic mass is 35.5. The van der Waals surface area contributed by atoms with Crippen LogP contribution in [0.3, 0.4) is 0 Å². The van der Waals surface area contributed by atoms with Crippen molar-refractivity contribution in [2.24, 2.45) is 0 Å². The van der Waals surface area contributed by atoms with Gasteiger partial charge in [-0.3, -0.25) is 4.72 Å². The van der Waals surface area contributed by atoms with E-state index in [1.54, 1.807) is 25.1 Å². The van der Waals surface area contributed by atoms with E-state index >= 15 is 0 Å². The van der Waals surface area contributed by atoms with Gasteiger partial charge in [0.15, 0.2) is 0 Å².